The Morgan fingerprint density at radius 3 is 2.88 bits per heavy atom. The Morgan fingerprint density at radius 2 is 2.19 bits per heavy atom. The predicted octanol–water partition coefficient (Wildman–Crippen LogP) is 1.59. The Hall–Kier alpha value is -1.52. The Kier molecular flexibility index (Phi) is 2.85. The Bertz CT molecular complexity index is 429. The molecular weight excluding hydrogens is 206 g/mol. The van der Waals surface area contributed by atoms with Gasteiger partial charge in [-0.1, -0.05) is 19.1 Å². The lowest BCUT2D eigenvalue weighted by Crippen LogP contribution is -2.20. The van der Waals surface area contributed by atoms with Crippen molar-refractivity contribution in [2.75, 3.05) is 5.32 Å². The van der Waals surface area contributed by atoms with Crippen LogP contribution in [-0.2, 0) is 0 Å². The zero-order valence-corrected chi connectivity index (χ0v) is 9.01. The minimum Gasteiger partial charge on any atom is -0.506 e. The van der Waals surface area contributed by atoms with Crippen LogP contribution < -0.4 is 5.32 Å². The molecule has 2 unspecified atom stereocenters. The topological polar surface area (TPSA) is 72.7 Å². The van der Waals surface area contributed by atoms with Gasteiger partial charge in [-0.15, -0.1) is 0 Å². The lowest BCUT2D eigenvalue weighted by Gasteiger charge is -2.23. The molecule has 2 atom stereocenters. The zero-order valence-electron chi connectivity index (χ0n) is 9.01. The van der Waals surface area contributed by atoms with Gasteiger partial charge in [-0.05, 0) is 24.1 Å². The van der Waals surface area contributed by atoms with Gasteiger partial charge in [0.1, 0.15) is 12.0 Å². The fraction of sp³-hybridized carbons (Fsp3) is 0.333. The number of phenols is 1. The second kappa shape index (κ2) is 4.15. The molecule has 0 saturated carbocycles. The Morgan fingerprint density at radius 1 is 1.44 bits per heavy atom. The monoisotopic (exact) mass is 221 g/mol. The van der Waals surface area contributed by atoms with E-state index < -0.39 is 12.3 Å². The Balaban J connectivity index is 2.53. The first kappa shape index (κ1) is 11.0. The summed E-state index contributed by atoms with van der Waals surface area (Å²) in [5.41, 5.74) is 1.96. The molecule has 0 amide bonds. The molecule has 2 rings (SSSR count). The normalized spacial score (nSPS) is 20.1. The number of aromatic hydroxyl groups is 1. The summed E-state index contributed by atoms with van der Waals surface area (Å²) in [7, 11) is 0. The highest BCUT2D eigenvalue weighted by molar-refractivity contribution is 5.78. The van der Waals surface area contributed by atoms with E-state index in [4.69, 9.17) is 0 Å². The van der Waals surface area contributed by atoms with E-state index in [-0.39, 0.29) is 5.75 Å². The van der Waals surface area contributed by atoms with Crippen LogP contribution in [0.4, 0.5) is 5.69 Å². The van der Waals surface area contributed by atoms with E-state index >= 15 is 0 Å². The number of rotatable bonds is 2. The maximum Gasteiger partial charge on any atom is 0.144 e. The molecule has 1 heterocycles. The molecule has 0 aromatic heterocycles. The SMILES string of the molecule is CCC(O)c1ccc(O)c2c1C=CC(O)N2. The van der Waals surface area contributed by atoms with Crippen molar-refractivity contribution < 1.29 is 15.3 Å². The van der Waals surface area contributed by atoms with Crippen molar-refractivity contribution in [3.8, 4) is 5.75 Å². The van der Waals surface area contributed by atoms with Crippen molar-refractivity contribution in [2.24, 2.45) is 0 Å². The number of benzene rings is 1. The molecule has 1 aromatic carbocycles. The van der Waals surface area contributed by atoms with Gasteiger partial charge < -0.3 is 20.6 Å². The molecule has 1 aromatic rings. The van der Waals surface area contributed by atoms with Crippen LogP contribution in [0.15, 0.2) is 18.2 Å². The summed E-state index contributed by atoms with van der Waals surface area (Å²) in [6.45, 7) is 1.89. The molecule has 86 valence electrons. The lowest BCUT2D eigenvalue weighted by molar-refractivity contribution is 0.173. The number of hydrogen-bond donors (Lipinski definition) is 4. The third-order valence-corrected chi connectivity index (χ3v) is 2.74. The summed E-state index contributed by atoms with van der Waals surface area (Å²) in [5, 5.41) is 31.7. The fourth-order valence-electron chi connectivity index (χ4n) is 1.85. The van der Waals surface area contributed by atoms with Gasteiger partial charge in [-0.3, -0.25) is 0 Å². The number of aliphatic hydroxyl groups is 2. The molecule has 0 fully saturated rings. The highest BCUT2D eigenvalue weighted by atomic mass is 16.3. The van der Waals surface area contributed by atoms with Crippen LogP contribution in [0, 0.1) is 0 Å². The summed E-state index contributed by atoms with van der Waals surface area (Å²) < 4.78 is 0. The molecule has 4 N–H and O–H groups in total. The molecule has 1 aliphatic heterocycles. The summed E-state index contributed by atoms with van der Waals surface area (Å²) in [4.78, 5) is 0. The van der Waals surface area contributed by atoms with Crippen LogP contribution in [-0.4, -0.2) is 21.5 Å². The van der Waals surface area contributed by atoms with E-state index in [9.17, 15) is 15.3 Å². The molecule has 0 radical (unpaired) electrons. The second-order valence-corrected chi connectivity index (χ2v) is 3.83. The van der Waals surface area contributed by atoms with Crippen LogP contribution in [0.3, 0.4) is 0 Å². The van der Waals surface area contributed by atoms with Gasteiger partial charge in [0.2, 0.25) is 0 Å². The van der Waals surface area contributed by atoms with Crippen LogP contribution in [0.2, 0.25) is 0 Å². The standard InChI is InChI=1S/C12H15NO3/c1-2-9(14)7-3-5-10(15)12-8(7)4-6-11(16)13-12/h3-6,9,11,13-16H,2H2,1H3. The third-order valence-electron chi connectivity index (χ3n) is 2.74. The number of nitrogens with one attached hydrogen (secondary N) is 1. The first-order chi connectivity index (χ1) is 7.63. The van der Waals surface area contributed by atoms with Crippen LogP contribution in [0.5, 0.6) is 5.75 Å². The van der Waals surface area contributed by atoms with Crippen LogP contribution in [0.25, 0.3) is 6.08 Å². The first-order valence-corrected chi connectivity index (χ1v) is 5.30. The molecule has 4 heteroatoms. The maximum absolute atomic E-state index is 9.84. The van der Waals surface area contributed by atoms with Gasteiger partial charge in [0, 0.05) is 5.56 Å². The number of phenolic OH excluding ortho intramolecular Hbond substituents is 1. The van der Waals surface area contributed by atoms with Gasteiger partial charge in [0.25, 0.3) is 0 Å². The highest BCUT2D eigenvalue weighted by Gasteiger charge is 2.19. The minimum atomic E-state index is -0.799. The largest absolute Gasteiger partial charge is 0.506 e. The van der Waals surface area contributed by atoms with Gasteiger partial charge in [0.15, 0.2) is 0 Å². The van der Waals surface area contributed by atoms with E-state index in [1.807, 2.05) is 6.92 Å². The zero-order chi connectivity index (χ0) is 11.7. The molecule has 0 saturated heterocycles. The first-order valence-electron chi connectivity index (χ1n) is 5.30. The molecule has 1 aliphatic rings. The molecule has 0 aliphatic carbocycles. The van der Waals surface area contributed by atoms with Crippen molar-refractivity contribution >= 4 is 11.8 Å². The van der Waals surface area contributed by atoms with E-state index in [2.05, 4.69) is 5.32 Å². The van der Waals surface area contributed by atoms with Crippen molar-refractivity contribution in [2.45, 2.75) is 25.7 Å². The summed E-state index contributed by atoms with van der Waals surface area (Å²) >= 11 is 0. The van der Waals surface area contributed by atoms with E-state index in [0.29, 0.717) is 12.1 Å². The lowest BCUT2D eigenvalue weighted by atomic mass is 9.96. The Labute approximate surface area is 93.9 Å². The summed E-state index contributed by atoms with van der Waals surface area (Å²) in [6.07, 6.45) is 2.54. The molecule has 0 bridgehead atoms. The predicted molar refractivity (Wildman–Crippen MR) is 62.0 cm³/mol. The minimum absolute atomic E-state index is 0.0745. The number of fused-ring (bicyclic) bond motifs is 1. The van der Waals surface area contributed by atoms with Crippen LogP contribution >= 0.6 is 0 Å². The van der Waals surface area contributed by atoms with Gasteiger partial charge >= 0.3 is 0 Å². The van der Waals surface area contributed by atoms with E-state index in [1.54, 1.807) is 18.2 Å². The molecule has 4 nitrogen and oxygen atoms in total. The molecule has 0 spiro atoms. The molecular formula is C12H15NO3. The van der Waals surface area contributed by atoms with E-state index in [1.165, 1.54) is 6.07 Å². The fourth-order valence-corrected chi connectivity index (χ4v) is 1.85. The smallest absolute Gasteiger partial charge is 0.144 e. The number of aliphatic hydroxyl groups excluding tert-OH is 2. The van der Waals surface area contributed by atoms with Crippen molar-refractivity contribution in [3.05, 3.63) is 29.3 Å². The van der Waals surface area contributed by atoms with Gasteiger partial charge in [-0.25, -0.2) is 0 Å². The van der Waals surface area contributed by atoms with Gasteiger partial charge in [0.05, 0.1) is 11.8 Å². The van der Waals surface area contributed by atoms with Crippen molar-refractivity contribution in [3.63, 3.8) is 0 Å². The number of anilines is 1. The highest BCUT2D eigenvalue weighted by Crippen LogP contribution is 2.37. The quantitative estimate of drug-likeness (QED) is 0.572. The van der Waals surface area contributed by atoms with Crippen LogP contribution in [0.1, 0.15) is 30.6 Å². The second-order valence-electron chi connectivity index (χ2n) is 3.83. The number of hydrogen-bond acceptors (Lipinski definition) is 4. The van der Waals surface area contributed by atoms with Crippen molar-refractivity contribution in [1.82, 2.24) is 0 Å². The van der Waals surface area contributed by atoms with Gasteiger partial charge in [-0.2, -0.15) is 0 Å². The van der Waals surface area contributed by atoms with E-state index in [0.717, 1.165) is 11.1 Å². The summed E-state index contributed by atoms with van der Waals surface area (Å²) in [5.74, 6) is 0.0745. The average molecular weight is 221 g/mol. The molecule has 16 heavy (non-hydrogen) atoms. The third kappa shape index (κ3) is 1.77. The maximum atomic E-state index is 9.84. The summed E-state index contributed by atoms with van der Waals surface area (Å²) in [6, 6.07) is 3.22. The average Bonchev–Trinajstić information content (AvgIpc) is 2.29. The van der Waals surface area contributed by atoms with Crippen molar-refractivity contribution in [1.29, 1.82) is 0 Å².